The fourth-order valence-electron chi connectivity index (χ4n) is 2.15. The lowest BCUT2D eigenvalue weighted by atomic mass is 10.1. The Morgan fingerprint density at radius 1 is 1.09 bits per heavy atom. The van der Waals surface area contributed by atoms with Gasteiger partial charge in [0.15, 0.2) is 5.96 Å². The first-order valence-corrected chi connectivity index (χ1v) is 8.60. The summed E-state index contributed by atoms with van der Waals surface area (Å²) in [6.45, 7) is 2.89. The fraction of sp³-hybridized carbons (Fsp3) is 0.278. The first-order valence-electron chi connectivity index (χ1n) is 7.38. The van der Waals surface area contributed by atoms with Crippen LogP contribution in [-0.2, 0) is 6.54 Å². The number of benzene rings is 2. The minimum atomic E-state index is 0.214. The molecule has 0 aromatic heterocycles. The lowest BCUT2D eigenvalue weighted by Crippen LogP contribution is -2.38. The number of rotatable bonds is 5. The number of hydrogen-bond acceptors (Lipinski definition) is 2. The minimum Gasteiger partial charge on any atom is -0.352 e. The quantitative estimate of drug-likeness (QED) is 0.500. The number of thioether (sulfide) groups is 1. The Labute approximate surface area is 137 Å². The van der Waals surface area contributed by atoms with E-state index in [1.807, 2.05) is 6.07 Å². The SMILES string of the molecule is CN=C(NCc1ccc(SC)cc1)NC(C)c1ccccc1. The molecule has 1 atom stereocenters. The summed E-state index contributed by atoms with van der Waals surface area (Å²) in [4.78, 5) is 5.57. The first kappa shape index (κ1) is 16.4. The number of nitrogens with one attached hydrogen (secondary N) is 2. The van der Waals surface area contributed by atoms with Gasteiger partial charge >= 0.3 is 0 Å². The van der Waals surface area contributed by atoms with Crippen molar-refractivity contribution in [3.8, 4) is 0 Å². The van der Waals surface area contributed by atoms with Crippen molar-refractivity contribution in [1.29, 1.82) is 0 Å². The van der Waals surface area contributed by atoms with Gasteiger partial charge in [-0.1, -0.05) is 42.5 Å². The topological polar surface area (TPSA) is 36.4 Å². The van der Waals surface area contributed by atoms with Crippen molar-refractivity contribution < 1.29 is 0 Å². The van der Waals surface area contributed by atoms with Crippen molar-refractivity contribution in [2.75, 3.05) is 13.3 Å². The molecule has 2 aromatic rings. The molecular weight excluding hydrogens is 290 g/mol. The van der Waals surface area contributed by atoms with Crippen molar-refractivity contribution in [1.82, 2.24) is 10.6 Å². The number of nitrogens with zero attached hydrogens (tertiary/aromatic N) is 1. The molecule has 3 nitrogen and oxygen atoms in total. The third kappa shape index (κ3) is 4.81. The van der Waals surface area contributed by atoms with Crippen LogP contribution in [0.5, 0.6) is 0 Å². The molecule has 0 aliphatic rings. The monoisotopic (exact) mass is 313 g/mol. The number of hydrogen-bond donors (Lipinski definition) is 2. The van der Waals surface area contributed by atoms with Gasteiger partial charge in [-0.2, -0.15) is 0 Å². The van der Waals surface area contributed by atoms with Crippen LogP contribution in [-0.4, -0.2) is 19.3 Å². The maximum absolute atomic E-state index is 4.29. The molecule has 0 fully saturated rings. The highest BCUT2D eigenvalue weighted by Crippen LogP contribution is 2.15. The van der Waals surface area contributed by atoms with Gasteiger partial charge in [-0.3, -0.25) is 4.99 Å². The number of guanidine groups is 1. The van der Waals surface area contributed by atoms with Crippen LogP contribution in [0.2, 0.25) is 0 Å². The second kappa shape index (κ2) is 8.49. The molecule has 0 aliphatic heterocycles. The van der Waals surface area contributed by atoms with Crippen LogP contribution >= 0.6 is 11.8 Å². The lowest BCUT2D eigenvalue weighted by Gasteiger charge is -2.18. The molecule has 4 heteroatoms. The molecule has 22 heavy (non-hydrogen) atoms. The Balaban J connectivity index is 1.89. The Hall–Kier alpha value is -1.94. The average Bonchev–Trinajstić information content (AvgIpc) is 2.59. The lowest BCUT2D eigenvalue weighted by molar-refractivity contribution is 0.685. The third-order valence-electron chi connectivity index (χ3n) is 3.50. The van der Waals surface area contributed by atoms with E-state index in [1.54, 1.807) is 18.8 Å². The molecule has 0 spiro atoms. The van der Waals surface area contributed by atoms with E-state index in [2.05, 4.69) is 77.3 Å². The molecular formula is C18H23N3S. The molecule has 0 saturated heterocycles. The zero-order chi connectivity index (χ0) is 15.8. The van der Waals surface area contributed by atoms with E-state index in [4.69, 9.17) is 0 Å². The van der Waals surface area contributed by atoms with Crippen LogP contribution in [0, 0.1) is 0 Å². The Bertz CT molecular complexity index is 593. The maximum Gasteiger partial charge on any atom is 0.191 e. The van der Waals surface area contributed by atoms with E-state index < -0.39 is 0 Å². The minimum absolute atomic E-state index is 0.214. The Kier molecular flexibility index (Phi) is 6.34. The molecule has 0 bridgehead atoms. The van der Waals surface area contributed by atoms with Crippen LogP contribution in [0.25, 0.3) is 0 Å². The molecule has 2 N–H and O–H groups in total. The summed E-state index contributed by atoms with van der Waals surface area (Å²) in [5.41, 5.74) is 2.49. The average molecular weight is 313 g/mol. The van der Waals surface area contributed by atoms with E-state index in [0.717, 1.165) is 12.5 Å². The van der Waals surface area contributed by atoms with Crippen molar-refractivity contribution >= 4 is 17.7 Å². The molecule has 0 saturated carbocycles. The maximum atomic E-state index is 4.29. The van der Waals surface area contributed by atoms with E-state index in [9.17, 15) is 0 Å². The summed E-state index contributed by atoms with van der Waals surface area (Å²) in [7, 11) is 1.80. The third-order valence-corrected chi connectivity index (χ3v) is 4.24. The summed E-state index contributed by atoms with van der Waals surface area (Å²) in [6.07, 6.45) is 2.09. The van der Waals surface area contributed by atoms with Crippen molar-refractivity contribution in [3.05, 3.63) is 65.7 Å². The molecule has 2 aromatic carbocycles. The normalized spacial score (nSPS) is 12.8. The smallest absolute Gasteiger partial charge is 0.191 e. The van der Waals surface area contributed by atoms with Gasteiger partial charge in [0.25, 0.3) is 0 Å². The van der Waals surface area contributed by atoms with Gasteiger partial charge in [-0.05, 0) is 36.4 Å². The summed E-state index contributed by atoms with van der Waals surface area (Å²) >= 11 is 1.76. The highest BCUT2D eigenvalue weighted by atomic mass is 32.2. The van der Waals surface area contributed by atoms with Crippen LogP contribution in [0.4, 0.5) is 0 Å². The molecule has 0 heterocycles. The van der Waals surface area contributed by atoms with Crippen LogP contribution < -0.4 is 10.6 Å². The fourth-order valence-corrected chi connectivity index (χ4v) is 2.56. The molecule has 1 unspecified atom stereocenters. The van der Waals surface area contributed by atoms with Crippen LogP contribution in [0.1, 0.15) is 24.1 Å². The van der Waals surface area contributed by atoms with Gasteiger partial charge < -0.3 is 10.6 Å². The van der Waals surface area contributed by atoms with Gasteiger partial charge in [0, 0.05) is 18.5 Å². The molecule has 116 valence electrons. The van der Waals surface area contributed by atoms with E-state index in [1.165, 1.54) is 16.0 Å². The van der Waals surface area contributed by atoms with E-state index in [0.29, 0.717) is 0 Å². The molecule has 0 amide bonds. The summed E-state index contributed by atoms with van der Waals surface area (Å²) < 4.78 is 0. The van der Waals surface area contributed by atoms with Gasteiger partial charge in [0.2, 0.25) is 0 Å². The zero-order valence-electron chi connectivity index (χ0n) is 13.3. The summed E-state index contributed by atoms with van der Waals surface area (Å²) in [6, 6.07) is 19.2. The van der Waals surface area contributed by atoms with E-state index in [-0.39, 0.29) is 6.04 Å². The predicted octanol–water partition coefficient (Wildman–Crippen LogP) is 3.83. The molecule has 0 radical (unpaired) electrons. The van der Waals surface area contributed by atoms with Gasteiger partial charge in [-0.15, -0.1) is 11.8 Å². The second-order valence-corrected chi connectivity index (χ2v) is 5.93. The van der Waals surface area contributed by atoms with Gasteiger partial charge in [0.05, 0.1) is 6.04 Å². The number of aliphatic imine (C=N–C) groups is 1. The zero-order valence-corrected chi connectivity index (χ0v) is 14.2. The van der Waals surface area contributed by atoms with Crippen LogP contribution in [0.3, 0.4) is 0 Å². The molecule has 2 rings (SSSR count). The van der Waals surface area contributed by atoms with Gasteiger partial charge in [0.1, 0.15) is 0 Å². The largest absolute Gasteiger partial charge is 0.352 e. The van der Waals surface area contributed by atoms with Gasteiger partial charge in [-0.25, -0.2) is 0 Å². The van der Waals surface area contributed by atoms with Crippen LogP contribution in [0.15, 0.2) is 64.5 Å². The predicted molar refractivity (Wildman–Crippen MR) is 96.4 cm³/mol. The molecule has 0 aliphatic carbocycles. The first-order chi connectivity index (χ1) is 10.7. The highest BCUT2D eigenvalue weighted by Gasteiger charge is 2.06. The van der Waals surface area contributed by atoms with Crippen molar-refractivity contribution in [3.63, 3.8) is 0 Å². The van der Waals surface area contributed by atoms with E-state index >= 15 is 0 Å². The van der Waals surface area contributed by atoms with Crippen molar-refractivity contribution in [2.45, 2.75) is 24.4 Å². The van der Waals surface area contributed by atoms with Crippen molar-refractivity contribution in [2.24, 2.45) is 4.99 Å². The summed E-state index contributed by atoms with van der Waals surface area (Å²) in [5.74, 6) is 0.810. The highest BCUT2D eigenvalue weighted by molar-refractivity contribution is 7.98. The standard InChI is InChI=1S/C18H23N3S/c1-14(16-7-5-4-6-8-16)21-18(19-2)20-13-15-9-11-17(22-3)12-10-15/h4-12,14H,13H2,1-3H3,(H2,19,20,21). The summed E-state index contributed by atoms with van der Waals surface area (Å²) in [5, 5.41) is 6.77. The second-order valence-electron chi connectivity index (χ2n) is 5.05. The Morgan fingerprint density at radius 3 is 2.36 bits per heavy atom. The Morgan fingerprint density at radius 2 is 1.77 bits per heavy atom.